The Morgan fingerprint density at radius 3 is 2.45 bits per heavy atom. The van der Waals surface area contributed by atoms with E-state index in [4.69, 9.17) is 13.9 Å². The second-order valence-corrected chi connectivity index (χ2v) is 6.71. The molecule has 0 saturated carbocycles. The molecular weight excluding hydrogens is 378 g/mol. The first-order chi connectivity index (χ1) is 14.0. The number of aromatic hydroxyl groups is 2. The van der Waals surface area contributed by atoms with Gasteiger partial charge in [-0.15, -0.1) is 0 Å². The number of ether oxygens (including phenoxy) is 2. The molecule has 0 unspecified atom stereocenters. The highest BCUT2D eigenvalue weighted by Gasteiger charge is 2.20. The molecule has 0 radical (unpaired) electrons. The van der Waals surface area contributed by atoms with Crippen LogP contribution in [0.1, 0.15) is 12.8 Å². The fourth-order valence-corrected chi connectivity index (χ4v) is 3.37. The lowest BCUT2D eigenvalue weighted by Gasteiger charge is -2.14. The second kappa shape index (κ2) is 7.38. The Morgan fingerprint density at radius 1 is 1.10 bits per heavy atom. The molecule has 0 bridgehead atoms. The van der Waals surface area contributed by atoms with Crippen molar-refractivity contribution >= 4 is 17.1 Å². The van der Waals surface area contributed by atoms with Gasteiger partial charge in [0.05, 0.1) is 7.11 Å². The molecule has 8 heteroatoms. The molecule has 0 spiro atoms. The number of fused-ring (bicyclic) bond motifs is 1. The Hall–Kier alpha value is -3.68. The minimum atomic E-state index is -0.485. The van der Waals surface area contributed by atoms with Crippen molar-refractivity contribution in [2.24, 2.45) is 0 Å². The number of hydrogen-bond donors (Lipinski definition) is 2. The van der Waals surface area contributed by atoms with Crippen LogP contribution in [0.15, 0.2) is 45.6 Å². The van der Waals surface area contributed by atoms with Crippen molar-refractivity contribution in [3.05, 3.63) is 46.6 Å². The molecule has 1 aliphatic heterocycles. The van der Waals surface area contributed by atoms with Crippen molar-refractivity contribution in [1.29, 1.82) is 0 Å². The largest absolute Gasteiger partial charge is 0.504 e. The Labute approximate surface area is 165 Å². The van der Waals surface area contributed by atoms with Gasteiger partial charge in [-0.3, -0.25) is 4.79 Å². The summed E-state index contributed by atoms with van der Waals surface area (Å²) >= 11 is 0. The molecule has 2 N–H and O–H groups in total. The first-order valence-electron chi connectivity index (χ1n) is 9.12. The van der Waals surface area contributed by atoms with Gasteiger partial charge in [0.25, 0.3) is 0 Å². The lowest BCUT2D eigenvalue weighted by Crippen LogP contribution is -2.30. The standard InChI is InChI=1S/C21H19NO7/c1-27-20-15(24)11-17-18(19(20)25)14(23)10-16(29-17)12-4-6-13(7-5-12)28-21(26)22-8-2-3-9-22/h4-7,10-11,24-25H,2-3,8-9H2,1H3. The number of nitrogens with zero attached hydrogens (tertiary/aromatic N) is 1. The molecule has 150 valence electrons. The van der Waals surface area contributed by atoms with E-state index in [9.17, 15) is 19.8 Å². The SMILES string of the molecule is COc1c(O)cc2oc(-c3ccc(OC(=O)N4CCCC4)cc3)cc(=O)c2c1O. The number of benzene rings is 2. The van der Waals surface area contributed by atoms with Crippen LogP contribution in [0.25, 0.3) is 22.3 Å². The third-order valence-corrected chi connectivity index (χ3v) is 4.84. The van der Waals surface area contributed by atoms with Gasteiger partial charge in [-0.25, -0.2) is 4.79 Å². The third kappa shape index (κ3) is 3.44. The number of carbonyl (C=O) groups is 1. The molecule has 1 amide bonds. The van der Waals surface area contributed by atoms with E-state index in [0.717, 1.165) is 12.8 Å². The number of amides is 1. The summed E-state index contributed by atoms with van der Waals surface area (Å²) in [5.41, 5.74) is 0.106. The fourth-order valence-electron chi connectivity index (χ4n) is 3.37. The number of rotatable bonds is 3. The summed E-state index contributed by atoms with van der Waals surface area (Å²) < 4.78 is 16.0. The molecule has 29 heavy (non-hydrogen) atoms. The first kappa shape index (κ1) is 18.7. The molecule has 0 aliphatic carbocycles. The van der Waals surface area contributed by atoms with Crippen LogP contribution >= 0.6 is 0 Å². The van der Waals surface area contributed by atoms with Crippen LogP contribution in [0.4, 0.5) is 4.79 Å². The smallest absolute Gasteiger partial charge is 0.415 e. The summed E-state index contributed by atoms with van der Waals surface area (Å²) in [6.45, 7) is 1.40. The van der Waals surface area contributed by atoms with E-state index in [2.05, 4.69) is 0 Å². The Morgan fingerprint density at radius 2 is 1.79 bits per heavy atom. The van der Waals surface area contributed by atoms with Gasteiger partial charge in [0.2, 0.25) is 5.75 Å². The van der Waals surface area contributed by atoms with Crippen LogP contribution in [0.3, 0.4) is 0 Å². The van der Waals surface area contributed by atoms with Crippen molar-refractivity contribution in [1.82, 2.24) is 4.90 Å². The van der Waals surface area contributed by atoms with Crippen molar-refractivity contribution in [2.75, 3.05) is 20.2 Å². The van der Waals surface area contributed by atoms with Gasteiger partial charge in [-0.1, -0.05) is 0 Å². The van der Waals surface area contributed by atoms with Crippen molar-refractivity contribution < 1.29 is 28.9 Å². The molecule has 0 atom stereocenters. The summed E-state index contributed by atoms with van der Waals surface area (Å²) in [6.07, 6.45) is 1.57. The molecule has 1 saturated heterocycles. The van der Waals surface area contributed by atoms with Crippen LogP contribution < -0.4 is 14.9 Å². The topological polar surface area (TPSA) is 109 Å². The average molecular weight is 397 g/mol. The zero-order valence-corrected chi connectivity index (χ0v) is 15.7. The van der Waals surface area contributed by atoms with E-state index in [1.54, 1.807) is 29.2 Å². The normalized spacial score (nSPS) is 13.6. The van der Waals surface area contributed by atoms with E-state index in [1.165, 1.54) is 19.2 Å². The fraction of sp³-hybridized carbons (Fsp3) is 0.238. The quantitative estimate of drug-likeness (QED) is 0.696. The second-order valence-electron chi connectivity index (χ2n) is 6.71. The Kier molecular flexibility index (Phi) is 4.75. The maximum atomic E-state index is 12.5. The van der Waals surface area contributed by atoms with Crippen molar-refractivity contribution in [3.8, 4) is 34.3 Å². The van der Waals surface area contributed by atoms with Crippen LogP contribution in [-0.2, 0) is 0 Å². The number of likely N-dealkylation sites (tertiary alicyclic amines) is 1. The number of phenolic OH excluding ortho intramolecular Hbond substituents is 2. The minimum absolute atomic E-state index is 0.0211. The first-order valence-corrected chi connectivity index (χ1v) is 9.12. The number of carbonyl (C=O) groups excluding carboxylic acids is 1. The third-order valence-electron chi connectivity index (χ3n) is 4.84. The van der Waals surface area contributed by atoms with Crippen LogP contribution in [0, 0.1) is 0 Å². The van der Waals surface area contributed by atoms with Crippen LogP contribution in [0.2, 0.25) is 0 Å². The number of methoxy groups -OCH3 is 1. The Balaban J connectivity index is 1.64. The van der Waals surface area contributed by atoms with Gasteiger partial charge in [0.15, 0.2) is 16.9 Å². The predicted molar refractivity (Wildman–Crippen MR) is 105 cm³/mol. The summed E-state index contributed by atoms with van der Waals surface area (Å²) in [6, 6.07) is 8.97. The maximum absolute atomic E-state index is 12.5. The van der Waals surface area contributed by atoms with E-state index in [-0.39, 0.29) is 34.3 Å². The zero-order chi connectivity index (χ0) is 20.5. The van der Waals surface area contributed by atoms with Gasteiger partial charge in [0, 0.05) is 30.8 Å². The monoisotopic (exact) mass is 397 g/mol. The van der Waals surface area contributed by atoms with Gasteiger partial charge >= 0.3 is 6.09 Å². The Bertz CT molecular complexity index is 1130. The molecule has 4 rings (SSSR count). The minimum Gasteiger partial charge on any atom is -0.504 e. The van der Waals surface area contributed by atoms with Crippen molar-refractivity contribution in [3.63, 3.8) is 0 Å². The zero-order valence-electron chi connectivity index (χ0n) is 15.7. The molecule has 3 aromatic rings. The summed E-state index contributed by atoms with van der Waals surface area (Å²) in [4.78, 5) is 26.2. The highest BCUT2D eigenvalue weighted by Crippen LogP contribution is 2.41. The van der Waals surface area contributed by atoms with Crippen molar-refractivity contribution in [2.45, 2.75) is 12.8 Å². The van der Waals surface area contributed by atoms with E-state index < -0.39 is 11.2 Å². The highest BCUT2D eigenvalue weighted by atomic mass is 16.6. The lowest BCUT2D eigenvalue weighted by atomic mass is 10.1. The van der Waals surface area contributed by atoms with Gasteiger partial charge in [-0.05, 0) is 37.1 Å². The summed E-state index contributed by atoms with van der Waals surface area (Å²) in [5.74, 6) is -0.395. The van der Waals surface area contributed by atoms with E-state index >= 15 is 0 Å². The van der Waals surface area contributed by atoms with Gasteiger partial charge < -0.3 is 29.0 Å². The molecule has 1 fully saturated rings. The average Bonchev–Trinajstić information content (AvgIpc) is 3.23. The van der Waals surface area contributed by atoms with E-state index in [1.807, 2.05) is 0 Å². The highest BCUT2D eigenvalue weighted by molar-refractivity contribution is 5.89. The van der Waals surface area contributed by atoms with Gasteiger partial charge in [0.1, 0.15) is 22.5 Å². The molecule has 8 nitrogen and oxygen atoms in total. The molecule has 2 aromatic carbocycles. The summed E-state index contributed by atoms with van der Waals surface area (Å²) in [5, 5.41) is 20.1. The maximum Gasteiger partial charge on any atom is 0.415 e. The lowest BCUT2D eigenvalue weighted by molar-refractivity contribution is 0.163. The number of phenols is 2. The molecule has 1 aliphatic rings. The molecule has 1 aromatic heterocycles. The van der Waals surface area contributed by atoms with Crippen LogP contribution in [-0.4, -0.2) is 41.4 Å². The van der Waals surface area contributed by atoms with Crippen LogP contribution in [0.5, 0.6) is 23.0 Å². The predicted octanol–water partition coefficient (Wildman–Crippen LogP) is 3.47. The molecular formula is C21H19NO7. The molecule has 2 heterocycles. The number of hydrogen-bond acceptors (Lipinski definition) is 7. The van der Waals surface area contributed by atoms with Gasteiger partial charge in [-0.2, -0.15) is 0 Å². The summed E-state index contributed by atoms with van der Waals surface area (Å²) in [7, 11) is 1.27. The van der Waals surface area contributed by atoms with E-state index in [0.29, 0.717) is 24.4 Å².